The summed E-state index contributed by atoms with van der Waals surface area (Å²) in [6.45, 7) is 2.29. The Bertz CT molecular complexity index is 383. The first-order valence-corrected chi connectivity index (χ1v) is 6.11. The number of ether oxygens (including phenoxy) is 1. The van der Waals surface area contributed by atoms with Gasteiger partial charge in [-0.2, -0.15) is 0 Å². The van der Waals surface area contributed by atoms with E-state index in [0.29, 0.717) is 11.5 Å². The molecule has 0 N–H and O–H groups in total. The number of halogens is 1. The Morgan fingerprint density at radius 1 is 1.59 bits per heavy atom. The maximum Gasteiger partial charge on any atom is 0.258 e. The van der Waals surface area contributed by atoms with Gasteiger partial charge in [-0.1, -0.05) is 0 Å². The maximum absolute atomic E-state index is 12.1. The molecule has 0 radical (unpaired) electrons. The highest BCUT2D eigenvalue weighted by Gasteiger charge is 2.25. The average Bonchev–Trinajstić information content (AvgIpc) is 2.76. The molecule has 0 saturated carbocycles. The summed E-state index contributed by atoms with van der Waals surface area (Å²) < 4.78 is 10.1. The van der Waals surface area contributed by atoms with E-state index >= 15 is 0 Å². The Balaban J connectivity index is 1.93. The van der Waals surface area contributed by atoms with E-state index in [0.717, 1.165) is 32.5 Å². The van der Waals surface area contributed by atoms with Crippen molar-refractivity contribution in [2.75, 3.05) is 26.8 Å². The van der Waals surface area contributed by atoms with Gasteiger partial charge in [0.25, 0.3) is 5.91 Å². The van der Waals surface area contributed by atoms with Crippen LogP contribution in [0, 0.1) is 5.92 Å². The number of carbonyl (C=O) groups is 1. The summed E-state index contributed by atoms with van der Waals surface area (Å²) >= 11 is 5.80. The fourth-order valence-corrected chi connectivity index (χ4v) is 2.35. The van der Waals surface area contributed by atoms with Crippen molar-refractivity contribution in [3.8, 4) is 0 Å². The highest BCUT2D eigenvalue weighted by atomic mass is 35.5. The fraction of sp³-hybridized carbons (Fsp3) is 0.583. The summed E-state index contributed by atoms with van der Waals surface area (Å²) in [5.41, 5.74) is 0.455. The van der Waals surface area contributed by atoms with Crippen LogP contribution >= 0.6 is 11.6 Å². The highest BCUT2D eigenvalue weighted by Crippen LogP contribution is 2.23. The van der Waals surface area contributed by atoms with Gasteiger partial charge in [-0.15, -0.1) is 0 Å². The molecule has 0 atom stereocenters. The van der Waals surface area contributed by atoms with Crippen molar-refractivity contribution in [3.05, 3.63) is 23.1 Å². The summed E-state index contributed by atoms with van der Waals surface area (Å²) in [6, 6.07) is 1.62. The van der Waals surface area contributed by atoms with Gasteiger partial charge >= 0.3 is 0 Å². The Labute approximate surface area is 105 Å². The number of rotatable bonds is 3. The van der Waals surface area contributed by atoms with Crippen LogP contribution in [0.3, 0.4) is 0 Å². The molecule has 0 spiro atoms. The molecule has 1 aliphatic heterocycles. The first-order valence-electron chi connectivity index (χ1n) is 5.73. The van der Waals surface area contributed by atoms with Crippen LogP contribution in [0.1, 0.15) is 23.2 Å². The molecule has 0 unspecified atom stereocenters. The molecule has 1 aliphatic rings. The lowest BCUT2D eigenvalue weighted by molar-refractivity contribution is 0.0613. The molecule has 2 heterocycles. The summed E-state index contributed by atoms with van der Waals surface area (Å²) in [5, 5.41) is 0.175. The van der Waals surface area contributed by atoms with Crippen molar-refractivity contribution < 1.29 is 13.9 Å². The number of piperidine rings is 1. The van der Waals surface area contributed by atoms with E-state index in [4.69, 9.17) is 20.8 Å². The molecule has 1 aromatic rings. The lowest BCUT2D eigenvalue weighted by Gasteiger charge is -2.31. The second-order valence-corrected chi connectivity index (χ2v) is 4.64. The molecule has 5 heteroatoms. The van der Waals surface area contributed by atoms with Gasteiger partial charge in [0.2, 0.25) is 5.22 Å². The van der Waals surface area contributed by atoms with Crippen molar-refractivity contribution in [1.29, 1.82) is 0 Å². The van der Waals surface area contributed by atoms with Gasteiger partial charge in [-0.25, -0.2) is 0 Å². The lowest BCUT2D eigenvalue weighted by Crippen LogP contribution is -2.39. The van der Waals surface area contributed by atoms with E-state index in [1.165, 1.54) is 6.26 Å². The topological polar surface area (TPSA) is 42.7 Å². The third-order valence-electron chi connectivity index (χ3n) is 3.15. The standard InChI is InChI=1S/C12H16ClNO3/c1-16-8-9-2-5-14(6-3-9)12(15)10-4-7-17-11(10)13/h4,7,9H,2-3,5-6,8H2,1H3. The van der Waals surface area contributed by atoms with Crippen LogP contribution in [0.15, 0.2) is 16.7 Å². The molecule has 2 rings (SSSR count). The summed E-state index contributed by atoms with van der Waals surface area (Å²) in [4.78, 5) is 13.9. The molecular formula is C12H16ClNO3. The minimum absolute atomic E-state index is 0.0420. The van der Waals surface area contributed by atoms with Crippen LogP contribution in [0.25, 0.3) is 0 Å². The molecule has 1 amide bonds. The zero-order valence-corrected chi connectivity index (χ0v) is 10.6. The average molecular weight is 258 g/mol. The fourth-order valence-electron chi connectivity index (χ4n) is 2.15. The Morgan fingerprint density at radius 3 is 2.82 bits per heavy atom. The van der Waals surface area contributed by atoms with E-state index in [-0.39, 0.29) is 11.1 Å². The predicted molar refractivity (Wildman–Crippen MR) is 64.2 cm³/mol. The van der Waals surface area contributed by atoms with Gasteiger partial charge in [0.15, 0.2) is 0 Å². The van der Waals surface area contributed by atoms with Crippen LogP contribution < -0.4 is 0 Å². The minimum atomic E-state index is -0.0420. The van der Waals surface area contributed by atoms with Crippen molar-refractivity contribution in [2.45, 2.75) is 12.8 Å². The van der Waals surface area contributed by atoms with Gasteiger partial charge in [0, 0.05) is 26.8 Å². The number of hydrogen-bond acceptors (Lipinski definition) is 3. The molecule has 17 heavy (non-hydrogen) atoms. The molecule has 1 saturated heterocycles. The summed E-state index contributed by atoms with van der Waals surface area (Å²) in [6.07, 6.45) is 3.40. The molecule has 1 fully saturated rings. The molecule has 1 aromatic heterocycles. The first-order chi connectivity index (χ1) is 8.22. The monoisotopic (exact) mass is 257 g/mol. The molecule has 0 aromatic carbocycles. The third kappa shape index (κ3) is 2.82. The Hall–Kier alpha value is -1.00. The number of carbonyl (C=O) groups excluding carboxylic acids is 1. The van der Waals surface area contributed by atoms with E-state index in [1.807, 2.05) is 4.90 Å². The van der Waals surface area contributed by atoms with Crippen molar-refractivity contribution in [2.24, 2.45) is 5.92 Å². The normalized spacial score (nSPS) is 17.4. The van der Waals surface area contributed by atoms with E-state index in [1.54, 1.807) is 13.2 Å². The summed E-state index contributed by atoms with van der Waals surface area (Å²) in [7, 11) is 1.71. The van der Waals surface area contributed by atoms with Gasteiger partial charge < -0.3 is 14.1 Å². The van der Waals surface area contributed by atoms with Crippen LogP contribution in [0.5, 0.6) is 0 Å². The largest absolute Gasteiger partial charge is 0.452 e. The molecule has 0 bridgehead atoms. The van der Waals surface area contributed by atoms with Gasteiger partial charge in [0.05, 0.1) is 11.8 Å². The minimum Gasteiger partial charge on any atom is -0.452 e. The predicted octanol–water partition coefficient (Wildman–Crippen LogP) is 2.43. The van der Waals surface area contributed by atoms with E-state index in [9.17, 15) is 4.79 Å². The van der Waals surface area contributed by atoms with Crippen LogP contribution in [0.2, 0.25) is 5.22 Å². The highest BCUT2D eigenvalue weighted by molar-refractivity contribution is 6.32. The zero-order valence-electron chi connectivity index (χ0n) is 9.82. The van der Waals surface area contributed by atoms with Crippen molar-refractivity contribution in [3.63, 3.8) is 0 Å². The van der Waals surface area contributed by atoms with Gasteiger partial charge in [0.1, 0.15) is 0 Å². The van der Waals surface area contributed by atoms with Crippen molar-refractivity contribution >= 4 is 17.5 Å². The third-order valence-corrected chi connectivity index (χ3v) is 3.45. The number of furan rings is 1. The van der Waals surface area contributed by atoms with Crippen LogP contribution in [-0.4, -0.2) is 37.6 Å². The van der Waals surface area contributed by atoms with Gasteiger partial charge in [-0.05, 0) is 36.4 Å². The second kappa shape index (κ2) is 5.56. The maximum atomic E-state index is 12.1. The smallest absolute Gasteiger partial charge is 0.258 e. The number of likely N-dealkylation sites (tertiary alicyclic amines) is 1. The summed E-state index contributed by atoms with van der Waals surface area (Å²) in [5.74, 6) is 0.517. The lowest BCUT2D eigenvalue weighted by atomic mass is 9.97. The molecule has 0 aliphatic carbocycles. The first kappa shape index (κ1) is 12.5. The van der Waals surface area contributed by atoms with Crippen molar-refractivity contribution in [1.82, 2.24) is 4.90 Å². The van der Waals surface area contributed by atoms with Crippen LogP contribution in [-0.2, 0) is 4.74 Å². The Morgan fingerprint density at radius 2 is 2.29 bits per heavy atom. The number of amides is 1. The number of hydrogen-bond donors (Lipinski definition) is 0. The Kier molecular flexibility index (Phi) is 4.07. The van der Waals surface area contributed by atoms with Crippen LogP contribution in [0.4, 0.5) is 0 Å². The zero-order chi connectivity index (χ0) is 12.3. The number of methoxy groups -OCH3 is 1. The molecule has 94 valence electrons. The van der Waals surface area contributed by atoms with E-state index in [2.05, 4.69) is 0 Å². The SMILES string of the molecule is COCC1CCN(C(=O)c2ccoc2Cl)CC1. The second-order valence-electron chi connectivity index (χ2n) is 4.30. The number of nitrogens with zero attached hydrogens (tertiary/aromatic N) is 1. The molecule has 4 nitrogen and oxygen atoms in total. The molecular weight excluding hydrogens is 242 g/mol. The van der Waals surface area contributed by atoms with E-state index < -0.39 is 0 Å². The van der Waals surface area contributed by atoms with Gasteiger partial charge in [-0.3, -0.25) is 4.79 Å². The quantitative estimate of drug-likeness (QED) is 0.835.